The largest absolute Gasteiger partial charge is 0.507 e. The van der Waals surface area contributed by atoms with Gasteiger partial charge in [0.1, 0.15) is 16.9 Å². The first-order chi connectivity index (χ1) is 9.84. The van der Waals surface area contributed by atoms with E-state index in [4.69, 9.17) is 4.42 Å². The molecule has 0 atom stereocenters. The molecule has 2 heteroatoms. The molecular weight excluding hydrogens is 248 g/mol. The molecule has 0 aliphatic heterocycles. The van der Waals surface area contributed by atoms with Gasteiger partial charge in [0.2, 0.25) is 0 Å². The summed E-state index contributed by atoms with van der Waals surface area (Å²) >= 11 is 0. The Morgan fingerprint density at radius 1 is 0.600 bits per heavy atom. The number of rotatable bonds is 0. The Hall–Kier alpha value is -2.74. The summed E-state index contributed by atoms with van der Waals surface area (Å²) in [6.07, 6.45) is 0. The van der Waals surface area contributed by atoms with E-state index in [2.05, 4.69) is 18.2 Å². The second kappa shape index (κ2) is 3.23. The SMILES string of the molecule is Oc1ccc2oc3cccc4c5ccccc5c1c2c34. The van der Waals surface area contributed by atoms with Gasteiger partial charge in [-0.05, 0) is 34.4 Å². The van der Waals surface area contributed by atoms with Crippen LogP contribution in [0.25, 0.3) is 43.5 Å². The molecule has 5 aromatic rings. The number of furan rings is 1. The van der Waals surface area contributed by atoms with E-state index in [0.29, 0.717) is 5.75 Å². The molecule has 0 aliphatic carbocycles. The summed E-state index contributed by atoms with van der Waals surface area (Å²) in [6, 6.07) is 17.8. The number of benzene rings is 4. The highest BCUT2D eigenvalue weighted by atomic mass is 16.3. The van der Waals surface area contributed by atoms with Crippen molar-refractivity contribution in [3.8, 4) is 5.75 Å². The Balaban J connectivity index is 2.34. The lowest BCUT2D eigenvalue weighted by molar-refractivity contribution is 0.482. The van der Waals surface area contributed by atoms with Gasteiger partial charge < -0.3 is 9.52 Å². The maximum atomic E-state index is 10.3. The fourth-order valence-electron chi connectivity index (χ4n) is 3.33. The first-order valence-electron chi connectivity index (χ1n) is 6.61. The van der Waals surface area contributed by atoms with Crippen molar-refractivity contribution in [3.63, 3.8) is 0 Å². The highest BCUT2D eigenvalue weighted by Gasteiger charge is 2.18. The molecule has 5 rings (SSSR count). The smallest absolute Gasteiger partial charge is 0.136 e. The lowest BCUT2D eigenvalue weighted by atomic mass is 9.94. The van der Waals surface area contributed by atoms with E-state index in [1.54, 1.807) is 6.07 Å². The van der Waals surface area contributed by atoms with Crippen molar-refractivity contribution in [1.29, 1.82) is 0 Å². The fraction of sp³-hybridized carbons (Fsp3) is 0. The van der Waals surface area contributed by atoms with Crippen LogP contribution in [-0.4, -0.2) is 5.11 Å². The van der Waals surface area contributed by atoms with Crippen molar-refractivity contribution in [3.05, 3.63) is 54.6 Å². The van der Waals surface area contributed by atoms with E-state index in [1.807, 2.05) is 30.3 Å². The second-order valence-corrected chi connectivity index (χ2v) is 5.16. The summed E-state index contributed by atoms with van der Waals surface area (Å²) in [5.74, 6) is 0.308. The number of fused-ring (bicyclic) bond motifs is 3. The summed E-state index contributed by atoms with van der Waals surface area (Å²) in [5, 5.41) is 16.7. The maximum Gasteiger partial charge on any atom is 0.136 e. The normalized spacial score (nSPS) is 12.2. The first-order valence-corrected chi connectivity index (χ1v) is 6.61. The lowest BCUT2D eigenvalue weighted by Gasteiger charge is -2.08. The van der Waals surface area contributed by atoms with Crippen LogP contribution in [0, 0.1) is 0 Å². The van der Waals surface area contributed by atoms with Gasteiger partial charge in [-0.3, -0.25) is 0 Å². The molecule has 0 saturated carbocycles. The predicted octanol–water partition coefficient (Wildman–Crippen LogP) is 5.04. The zero-order valence-corrected chi connectivity index (χ0v) is 10.6. The van der Waals surface area contributed by atoms with E-state index < -0.39 is 0 Å². The topological polar surface area (TPSA) is 33.4 Å². The molecule has 1 aromatic heterocycles. The van der Waals surface area contributed by atoms with Gasteiger partial charge in [-0.15, -0.1) is 0 Å². The number of phenols is 1. The van der Waals surface area contributed by atoms with Crippen LogP contribution in [0.5, 0.6) is 5.75 Å². The average molecular weight is 258 g/mol. The molecule has 0 amide bonds. The van der Waals surface area contributed by atoms with Gasteiger partial charge in [-0.1, -0.05) is 36.4 Å². The van der Waals surface area contributed by atoms with Crippen LogP contribution in [0.1, 0.15) is 0 Å². The molecule has 4 aromatic carbocycles. The fourth-order valence-corrected chi connectivity index (χ4v) is 3.33. The molecule has 1 heterocycles. The zero-order chi connectivity index (χ0) is 13.3. The quantitative estimate of drug-likeness (QED) is 0.395. The Morgan fingerprint density at radius 2 is 1.30 bits per heavy atom. The highest BCUT2D eigenvalue weighted by molar-refractivity contribution is 6.34. The molecule has 94 valence electrons. The van der Waals surface area contributed by atoms with Gasteiger partial charge in [0, 0.05) is 16.2 Å². The lowest BCUT2D eigenvalue weighted by Crippen LogP contribution is -1.82. The van der Waals surface area contributed by atoms with E-state index in [1.165, 1.54) is 5.39 Å². The van der Waals surface area contributed by atoms with Crippen molar-refractivity contribution in [2.45, 2.75) is 0 Å². The molecule has 0 fully saturated rings. The molecule has 0 aliphatic rings. The number of hydrogen-bond donors (Lipinski definition) is 1. The minimum atomic E-state index is 0.308. The van der Waals surface area contributed by atoms with Gasteiger partial charge in [0.25, 0.3) is 0 Å². The van der Waals surface area contributed by atoms with Crippen LogP contribution in [-0.2, 0) is 0 Å². The van der Waals surface area contributed by atoms with E-state index >= 15 is 0 Å². The second-order valence-electron chi connectivity index (χ2n) is 5.16. The summed E-state index contributed by atoms with van der Waals surface area (Å²) in [4.78, 5) is 0. The number of aromatic hydroxyl groups is 1. The molecule has 20 heavy (non-hydrogen) atoms. The van der Waals surface area contributed by atoms with E-state index in [9.17, 15) is 5.11 Å². The summed E-state index contributed by atoms with van der Waals surface area (Å²) < 4.78 is 5.93. The van der Waals surface area contributed by atoms with Crippen LogP contribution in [0.3, 0.4) is 0 Å². The van der Waals surface area contributed by atoms with Crippen LogP contribution in [0.2, 0.25) is 0 Å². The van der Waals surface area contributed by atoms with Crippen LogP contribution < -0.4 is 0 Å². The minimum absolute atomic E-state index is 0.308. The molecule has 0 spiro atoms. The van der Waals surface area contributed by atoms with E-state index in [0.717, 1.165) is 38.1 Å². The molecule has 0 saturated heterocycles. The van der Waals surface area contributed by atoms with Gasteiger partial charge in [-0.2, -0.15) is 0 Å². The van der Waals surface area contributed by atoms with Crippen molar-refractivity contribution < 1.29 is 9.52 Å². The molecule has 1 N–H and O–H groups in total. The minimum Gasteiger partial charge on any atom is -0.507 e. The summed E-state index contributed by atoms with van der Waals surface area (Å²) in [6.45, 7) is 0. The monoisotopic (exact) mass is 258 g/mol. The maximum absolute atomic E-state index is 10.3. The van der Waals surface area contributed by atoms with Gasteiger partial charge in [-0.25, -0.2) is 0 Å². The zero-order valence-electron chi connectivity index (χ0n) is 10.6. The highest BCUT2D eigenvalue weighted by Crippen LogP contribution is 2.45. The Labute approximate surface area is 114 Å². The molecule has 0 unspecified atom stereocenters. The van der Waals surface area contributed by atoms with Crippen LogP contribution >= 0.6 is 0 Å². The predicted molar refractivity (Wildman–Crippen MR) is 81.6 cm³/mol. The molecular formula is C18H10O2. The Kier molecular flexibility index (Phi) is 1.63. The van der Waals surface area contributed by atoms with Crippen LogP contribution in [0.15, 0.2) is 59.0 Å². The Morgan fingerprint density at radius 3 is 2.20 bits per heavy atom. The van der Waals surface area contributed by atoms with Gasteiger partial charge in [0.05, 0.1) is 0 Å². The average Bonchev–Trinajstić information content (AvgIpc) is 2.86. The molecule has 2 nitrogen and oxygen atoms in total. The Bertz CT molecular complexity index is 1100. The third kappa shape index (κ3) is 1.02. The number of phenolic OH excluding ortho intramolecular Hbond substituents is 1. The van der Waals surface area contributed by atoms with Gasteiger partial charge >= 0.3 is 0 Å². The van der Waals surface area contributed by atoms with Crippen molar-refractivity contribution in [2.24, 2.45) is 0 Å². The molecule has 0 bridgehead atoms. The van der Waals surface area contributed by atoms with Crippen molar-refractivity contribution in [2.75, 3.05) is 0 Å². The molecule has 0 radical (unpaired) electrons. The summed E-state index contributed by atoms with van der Waals surface area (Å²) in [7, 11) is 0. The van der Waals surface area contributed by atoms with Gasteiger partial charge in [0.15, 0.2) is 0 Å². The first kappa shape index (κ1) is 10.1. The summed E-state index contributed by atoms with van der Waals surface area (Å²) in [5.41, 5.74) is 1.70. The van der Waals surface area contributed by atoms with E-state index in [-0.39, 0.29) is 0 Å². The van der Waals surface area contributed by atoms with Crippen molar-refractivity contribution in [1.82, 2.24) is 0 Å². The number of hydrogen-bond acceptors (Lipinski definition) is 2. The third-order valence-corrected chi connectivity index (χ3v) is 4.13. The van der Waals surface area contributed by atoms with Crippen LogP contribution in [0.4, 0.5) is 0 Å². The third-order valence-electron chi connectivity index (χ3n) is 4.13. The van der Waals surface area contributed by atoms with Crippen molar-refractivity contribution >= 4 is 43.5 Å². The standard InChI is InChI=1S/C18H10O2/c19-13-8-9-15-18-16(13)11-5-2-1-4-10(11)12-6-3-7-14(20-15)17(12)18/h1-9,19H.